The molecule has 0 atom stereocenters. The normalized spacial score (nSPS) is 12.3. The predicted octanol–water partition coefficient (Wildman–Crippen LogP) is 5.55. The van der Waals surface area contributed by atoms with E-state index in [2.05, 4.69) is 15.0 Å². The largest absolute Gasteiger partial charge is 0.505 e. The van der Waals surface area contributed by atoms with Crippen LogP contribution in [-0.2, 0) is 9.53 Å². The van der Waals surface area contributed by atoms with Gasteiger partial charge in [-0.25, -0.2) is 4.79 Å². The molecule has 0 amide bonds. The highest BCUT2D eigenvalue weighted by atomic mass is 35.5. The van der Waals surface area contributed by atoms with Gasteiger partial charge in [0.25, 0.3) is 0 Å². The Kier molecular flexibility index (Phi) is 5.76. The van der Waals surface area contributed by atoms with Crippen LogP contribution < -0.4 is 0 Å². The van der Waals surface area contributed by atoms with Crippen molar-refractivity contribution in [1.29, 1.82) is 0 Å². The number of aliphatic hydroxyl groups excluding tert-OH is 1. The average Bonchev–Trinajstić information content (AvgIpc) is 2.87. The second kappa shape index (κ2) is 7.59. The first-order valence-electron chi connectivity index (χ1n) is 6.37. The number of ether oxygens (including phenoxy) is 1. The second-order valence-electron chi connectivity index (χ2n) is 4.46. The maximum Gasteiger partial charge on any atom is 0.362 e. The van der Waals surface area contributed by atoms with Crippen LogP contribution in [0.5, 0.6) is 0 Å². The summed E-state index contributed by atoms with van der Waals surface area (Å²) in [6.07, 6.45) is 0. The van der Waals surface area contributed by atoms with Crippen molar-refractivity contribution in [3.63, 3.8) is 0 Å². The highest BCUT2D eigenvalue weighted by molar-refractivity contribution is 7.20. The third-order valence-electron chi connectivity index (χ3n) is 2.81. The SMILES string of the molecule is COC(=O)/C(N=Nc1ccc(C)cc1)=C(/O)c1cc(Cl)sc1Cl. The fraction of sp³-hybridized carbons (Fsp3) is 0.133. The molecule has 0 bridgehead atoms. The number of nitrogens with zero attached hydrogens (tertiary/aromatic N) is 2. The number of carbonyl (C=O) groups is 1. The van der Waals surface area contributed by atoms with Crippen molar-refractivity contribution >= 4 is 52.0 Å². The molecule has 2 aromatic rings. The Balaban J connectivity index is 2.44. The molecule has 1 N–H and O–H groups in total. The zero-order valence-electron chi connectivity index (χ0n) is 12.2. The van der Waals surface area contributed by atoms with Crippen LogP contribution in [0.2, 0.25) is 8.67 Å². The van der Waals surface area contributed by atoms with Crippen LogP contribution in [0.25, 0.3) is 5.76 Å². The lowest BCUT2D eigenvalue weighted by Gasteiger charge is -2.03. The van der Waals surface area contributed by atoms with Gasteiger partial charge in [0, 0.05) is 0 Å². The van der Waals surface area contributed by atoms with Crippen molar-refractivity contribution < 1.29 is 14.6 Å². The minimum atomic E-state index is -0.836. The molecule has 0 fully saturated rings. The van der Waals surface area contributed by atoms with Crippen molar-refractivity contribution in [3.05, 3.63) is 55.8 Å². The molecule has 5 nitrogen and oxygen atoms in total. The number of esters is 1. The molecule has 23 heavy (non-hydrogen) atoms. The van der Waals surface area contributed by atoms with Gasteiger partial charge in [-0.3, -0.25) is 0 Å². The van der Waals surface area contributed by atoms with Gasteiger partial charge in [-0.05, 0) is 25.1 Å². The van der Waals surface area contributed by atoms with Crippen LogP contribution in [-0.4, -0.2) is 18.2 Å². The molecular formula is C15H12Cl2N2O3S. The van der Waals surface area contributed by atoms with Crippen molar-refractivity contribution in [2.24, 2.45) is 10.2 Å². The Hall–Kier alpha value is -1.89. The quantitative estimate of drug-likeness (QED) is 0.332. The van der Waals surface area contributed by atoms with E-state index in [1.807, 2.05) is 19.1 Å². The highest BCUT2D eigenvalue weighted by Gasteiger charge is 2.21. The number of azo groups is 1. The third kappa shape index (κ3) is 4.31. The number of thiophene rings is 1. The van der Waals surface area contributed by atoms with E-state index in [1.54, 1.807) is 12.1 Å². The summed E-state index contributed by atoms with van der Waals surface area (Å²) in [5.74, 6) is -1.28. The molecule has 120 valence electrons. The van der Waals surface area contributed by atoms with Crippen molar-refractivity contribution in [3.8, 4) is 0 Å². The van der Waals surface area contributed by atoms with Gasteiger partial charge in [0.15, 0.2) is 5.76 Å². The van der Waals surface area contributed by atoms with E-state index < -0.39 is 11.7 Å². The summed E-state index contributed by atoms with van der Waals surface area (Å²) in [7, 11) is 1.18. The topological polar surface area (TPSA) is 71.2 Å². The van der Waals surface area contributed by atoms with Gasteiger partial charge >= 0.3 is 5.97 Å². The van der Waals surface area contributed by atoms with Crippen molar-refractivity contribution in [2.45, 2.75) is 6.92 Å². The Morgan fingerprint density at radius 3 is 2.43 bits per heavy atom. The lowest BCUT2D eigenvalue weighted by molar-refractivity contribution is -0.136. The van der Waals surface area contributed by atoms with E-state index in [4.69, 9.17) is 23.2 Å². The van der Waals surface area contributed by atoms with E-state index in [9.17, 15) is 9.90 Å². The summed E-state index contributed by atoms with van der Waals surface area (Å²) in [5, 5.41) is 18.0. The fourth-order valence-corrected chi connectivity index (χ4v) is 3.10. The Labute approximate surface area is 146 Å². The Morgan fingerprint density at radius 1 is 1.26 bits per heavy atom. The van der Waals surface area contributed by atoms with E-state index in [-0.39, 0.29) is 15.6 Å². The van der Waals surface area contributed by atoms with E-state index in [0.29, 0.717) is 10.0 Å². The van der Waals surface area contributed by atoms with Gasteiger partial charge in [-0.1, -0.05) is 40.9 Å². The number of hydrogen-bond donors (Lipinski definition) is 1. The minimum absolute atomic E-state index is 0.199. The van der Waals surface area contributed by atoms with Crippen LogP contribution in [0.3, 0.4) is 0 Å². The minimum Gasteiger partial charge on any atom is -0.505 e. The van der Waals surface area contributed by atoms with E-state index >= 15 is 0 Å². The van der Waals surface area contributed by atoms with E-state index in [1.165, 1.54) is 13.2 Å². The number of carbonyl (C=O) groups excluding carboxylic acids is 1. The highest BCUT2D eigenvalue weighted by Crippen LogP contribution is 2.36. The van der Waals surface area contributed by atoms with Gasteiger partial charge in [0.1, 0.15) is 4.34 Å². The van der Waals surface area contributed by atoms with E-state index in [0.717, 1.165) is 16.9 Å². The first-order valence-corrected chi connectivity index (χ1v) is 7.94. The number of hydrogen-bond acceptors (Lipinski definition) is 6. The lowest BCUT2D eigenvalue weighted by Crippen LogP contribution is -2.05. The zero-order chi connectivity index (χ0) is 17.0. The molecule has 0 spiro atoms. The molecule has 1 heterocycles. The Bertz CT molecular complexity index is 783. The summed E-state index contributed by atoms with van der Waals surface area (Å²) in [6, 6.07) is 8.61. The summed E-state index contributed by atoms with van der Waals surface area (Å²) in [4.78, 5) is 11.9. The molecular weight excluding hydrogens is 359 g/mol. The van der Waals surface area contributed by atoms with Crippen LogP contribution in [0.15, 0.2) is 46.3 Å². The van der Waals surface area contributed by atoms with Crippen molar-refractivity contribution in [1.82, 2.24) is 0 Å². The molecule has 0 radical (unpaired) electrons. The molecule has 0 unspecified atom stereocenters. The molecule has 1 aromatic carbocycles. The summed E-state index contributed by atoms with van der Waals surface area (Å²) >= 11 is 12.9. The molecule has 2 rings (SSSR count). The van der Waals surface area contributed by atoms with Gasteiger partial charge in [-0.15, -0.1) is 16.5 Å². The van der Waals surface area contributed by atoms with Gasteiger partial charge in [0.05, 0.1) is 22.7 Å². The van der Waals surface area contributed by atoms with Crippen LogP contribution in [0.4, 0.5) is 5.69 Å². The van der Waals surface area contributed by atoms with Gasteiger partial charge < -0.3 is 9.84 Å². The predicted molar refractivity (Wildman–Crippen MR) is 91.6 cm³/mol. The molecule has 0 aliphatic carbocycles. The maximum atomic E-state index is 11.9. The molecule has 0 saturated carbocycles. The van der Waals surface area contributed by atoms with Crippen LogP contribution in [0.1, 0.15) is 11.1 Å². The van der Waals surface area contributed by atoms with Crippen LogP contribution in [0, 0.1) is 6.92 Å². The number of aliphatic hydroxyl groups is 1. The monoisotopic (exact) mass is 370 g/mol. The van der Waals surface area contributed by atoms with Crippen molar-refractivity contribution in [2.75, 3.05) is 7.11 Å². The van der Waals surface area contributed by atoms with Gasteiger partial charge in [-0.2, -0.15) is 5.11 Å². The summed E-state index contributed by atoms with van der Waals surface area (Å²) in [5.41, 5.74) is 1.43. The second-order valence-corrected chi connectivity index (χ2v) is 6.75. The smallest absolute Gasteiger partial charge is 0.362 e. The van der Waals surface area contributed by atoms with Crippen LogP contribution >= 0.6 is 34.5 Å². The third-order valence-corrected chi connectivity index (χ3v) is 4.30. The molecule has 0 aliphatic rings. The standard InChI is InChI=1S/C15H12Cl2N2O3S/c1-8-3-5-9(6-4-8)18-19-12(15(21)22-2)13(20)10-7-11(16)23-14(10)17/h3-7,20H,1-2H3/b13-12-,19-18?. The number of benzene rings is 1. The number of rotatable bonds is 4. The number of methoxy groups -OCH3 is 1. The zero-order valence-corrected chi connectivity index (χ0v) is 14.5. The average molecular weight is 371 g/mol. The summed E-state index contributed by atoms with van der Waals surface area (Å²) < 4.78 is 5.23. The summed E-state index contributed by atoms with van der Waals surface area (Å²) in [6.45, 7) is 1.94. The Morgan fingerprint density at radius 2 is 1.91 bits per heavy atom. The molecule has 0 aliphatic heterocycles. The maximum absolute atomic E-state index is 11.9. The molecule has 8 heteroatoms. The molecule has 0 saturated heterocycles. The number of halogens is 2. The first kappa shape index (κ1) is 17.5. The van der Waals surface area contributed by atoms with Gasteiger partial charge in [0.2, 0.25) is 5.70 Å². The number of aryl methyl sites for hydroxylation is 1. The first-order chi connectivity index (χ1) is 10.9. The molecule has 1 aromatic heterocycles. The fourth-order valence-electron chi connectivity index (χ4n) is 1.63. The lowest BCUT2D eigenvalue weighted by atomic mass is 10.2.